The molecule has 0 saturated heterocycles. The third kappa shape index (κ3) is 3.14. The molecule has 0 unspecified atom stereocenters. The highest BCUT2D eigenvalue weighted by Crippen LogP contribution is 2.14. The number of unbranched alkanes of at least 4 members (excludes halogenated alkanes) is 1. The Bertz CT molecular complexity index is 476. The number of aromatic nitrogens is 3. The van der Waals surface area contributed by atoms with Crippen LogP contribution >= 0.6 is 0 Å². The summed E-state index contributed by atoms with van der Waals surface area (Å²) in [4.78, 5) is 8.83. The monoisotopic (exact) mass is 230 g/mol. The predicted molar refractivity (Wildman–Crippen MR) is 68.5 cm³/mol. The minimum atomic E-state index is 0.751. The standard InChI is InChI=1S/C13H18N4/c1-11-5-4-6-12(16-11)13-9-17(10-15-13)8-3-2-7-14/h4-6,9-10H,2-3,7-8,14H2,1H3. The van der Waals surface area contributed by atoms with Crippen molar-refractivity contribution in [1.82, 2.24) is 14.5 Å². The van der Waals surface area contributed by atoms with Gasteiger partial charge in [0.05, 0.1) is 12.0 Å². The van der Waals surface area contributed by atoms with Crippen LogP contribution in [0.15, 0.2) is 30.7 Å². The second kappa shape index (κ2) is 5.59. The Hall–Kier alpha value is -1.68. The van der Waals surface area contributed by atoms with Gasteiger partial charge < -0.3 is 10.3 Å². The quantitative estimate of drug-likeness (QED) is 0.799. The van der Waals surface area contributed by atoms with Crippen molar-refractivity contribution in [3.8, 4) is 11.4 Å². The summed E-state index contributed by atoms with van der Waals surface area (Å²) in [6, 6.07) is 5.98. The summed E-state index contributed by atoms with van der Waals surface area (Å²) in [5.74, 6) is 0. The Balaban J connectivity index is 2.07. The summed E-state index contributed by atoms with van der Waals surface area (Å²) < 4.78 is 2.09. The number of hydrogen-bond acceptors (Lipinski definition) is 3. The van der Waals surface area contributed by atoms with Gasteiger partial charge in [0.25, 0.3) is 0 Å². The summed E-state index contributed by atoms with van der Waals surface area (Å²) in [5.41, 5.74) is 8.35. The lowest BCUT2D eigenvalue weighted by Gasteiger charge is -2.00. The second-order valence-electron chi connectivity index (χ2n) is 4.16. The van der Waals surface area contributed by atoms with Gasteiger partial charge in [-0.25, -0.2) is 4.98 Å². The maximum Gasteiger partial charge on any atom is 0.107 e. The van der Waals surface area contributed by atoms with E-state index in [2.05, 4.69) is 14.5 Å². The van der Waals surface area contributed by atoms with Crippen molar-refractivity contribution in [2.45, 2.75) is 26.3 Å². The van der Waals surface area contributed by atoms with Gasteiger partial charge in [-0.1, -0.05) is 6.07 Å². The molecule has 0 bridgehead atoms. The fourth-order valence-electron chi connectivity index (χ4n) is 1.74. The molecule has 0 saturated carbocycles. The fraction of sp³-hybridized carbons (Fsp3) is 0.385. The van der Waals surface area contributed by atoms with Crippen molar-refractivity contribution in [2.75, 3.05) is 6.54 Å². The number of nitrogens with two attached hydrogens (primary N) is 1. The van der Waals surface area contributed by atoms with E-state index in [1.807, 2.05) is 37.6 Å². The molecule has 0 radical (unpaired) electrons. The summed E-state index contributed by atoms with van der Waals surface area (Å²) in [5, 5.41) is 0. The first kappa shape index (κ1) is 11.8. The van der Waals surface area contributed by atoms with Gasteiger partial charge in [0.2, 0.25) is 0 Å². The molecular weight excluding hydrogens is 212 g/mol. The minimum Gasteiger partial charge on any atom is -0.337 e. The fourth-order valence-corrected chi connectivity index (χ4v) is 1.74. The topological polar surface area (TPSA) is 56.7 Å². The molecule has 0 fully saturated rings. The number of pyridine rings is 1. The molecule has 0 aliphatic heterocycles. The van der Waals surface area contributed by atoms with Crippen molar-refractivity contribution >= 4 is 0 Å². The van der Waals surface area contributed by atoms with E-state index in [1.54, 1.807) is 0 Å². The molecule has 0 amide bonds. The van der Waals surface area contributed by atoms with E-state index in [9.17, 15) is 0 Å². The highest BCUT2D eigenvalue weighted by molar-refractivity contribution is 5.52. The van der Waals surface area contributed by atoms with Crippen LogP contribution in [-0.2, 0) is 6.54 Å². The van der Waals surface area contributed by atoms with Gasteiger partial charge in [0.15, 0.2) is 0 Å². The number of aryl methyl sites for hydroxylation is 2. The van der Waals surface area contributed by atoms with Crippen molar-refractivity contribution in [3.63, 3.8) is 0 Å². The smallest absolute Gasteiger partial charge is 0.107 e. The molecule has 0 aliphatic rings. The largest absolute Gasteiger partial charge is 0.337 e. The number of nitrogens with zero attached hydrogens (tertiary/aromatic N) is 3. The average Bonchev–Trinajstić information content (AvgIpc) is 2.78. The van der Waals surface area contributed by atoms with Crippen LogP contribution in [0.25, 0.3) is 11.4 Å². The lowest BCUT2D eigenvalue weighted by Crippen LogP contribution is -2.01. The Kier molecular flexibility index (Phi) is 3.88. The van der Waals surface area contributed by atoms with E-state index in [-0.39, 0.29) is 0 Å². The van der Waals surface area contributed by atoms with E-state index in [0.29, 0.717) is 0 Å². The van der Waals surface area contributed by atoms with E-state index < -0.39 is 0 Å². The molecule has 2 heterocycles. The average molecular weight is 230 g/mol. The van der Waals surface area contributed by atoms with Crippen LogP contribution in [0.3, 0.4) is 0 Å². The first-order valence-electron chi connectivity index (χ1n) is 5.95. The van der Waals surface area contributed by atoms with Crippen molar-refractivity contribution in [1.29, 1.82) is 0 Å². The first-order chi connectivity index (χ1) is 8.29. The zero-order valence-electron chi connectivity index (χ0n) is 10.1. The molecule has 2 N–H and O–H groups in total. The van der Waals surface area contributed by atoms with Crippen LogP contribution < -0.4 is 5.73 Å². The summed E-state index contributed by atoms with van der Waals surface area (Å²) in [6.07, 6.45) is 6.04. The first-order valence-corrected chi connectivity index (χ1v) is 5.95. The van der Waals surface area contributed by atoms with E-state index in [1.165, 1.54) is 0 Å². The number of imidazole rings is 1. The van der Waals surface area contributed by atoms with Crippen LogP contribution in [-0.4, -0.2) is 21.1 Å². The van der Waals surface area contributed by atoms with E-state index in [4.69, 9.17) is 5.73 Å². The van der Waals surface area contributed by atoms with Crippen molar-refractivity contribution < 1.29 is 0 Å². The molecule has 0 aromatic carbocycles. The van der Waals surface area contributed by atoms with E-state index in [0.717, 1.165) is 43.0 Å². The third-order valence-electron chi connectivity index (χ3n) is 2.65. The van der Waals surface area contributed by atoms with Crippen LogP contribution in [0, 0.1) is 6.92 Å². The molecule has 2 aromatic rings. The van der Waals surface area contributed by atoms with Crippen LogP contribution in [0.2, 0.25) is 0 Å². The van der Waals surface area contributed by atoms with Crippen LogP contribution in [0.4, 0.5) is 0 Å². The molecule has 90 valence electrons. The van der Waals surface area contributed by atoms with E-state index >= 15 is 0 Å². The lowest BCUT2D eigenvalue weighted by molar-refractivity contribution is 0.614. The van der Waals surface area contributed by atoms with Gasteiger partial charge in [0.1, 0.15) is 5.69 Å². The molecule has 17 heavy (non-hydrogen) atoms. The molecule has 0 spiro atoms. The Labute approximate surface area is 102 Å². The second-order valence-corrected chi connectivity index (χ2v) is 4.16. The van der Waals surface area contributed by atoms with Gasteiger partial charge in [-0.2, -0.15) is 0 Å². The maximum absolute atomic E-state index is 5.47. The summed E-state index contributed by atoms with van der Waals surface area (Å²) in [7, 11) is 0. The highest BCUT2D eigenvalue weighted by Gasteiger charge is 2.03. The third-order valence-corrected chi connectivity index (χ3v) is 2.65. The molecule has 0 atom stereocenters. The van der Waals surface area contributed by atoms with Crippen molar-refractivity contribution in [3.05, 3.63) is 36.4 Å². The van der Waals surface area contributed by atoms with Gasteiger partial charge in [-0.3, -0.25) is 4.98 Å². The van der Waals surface area contributed by atoms with Crippen LogP contribution in [0.5, 0.6) is 0 Å². The molecule has 4 nitrogen and oxygen atoms in total. The minimum absolute atomic E-state index is 0.751. The molecule has 2 aromatic heterocycles. The molecule has 4 heteroatoms. The highest BCUT2D eigenvalue weighted by atomic mass is 15.0. The molecular formula is C13H18N4. The predicted octanol–water partition coefficient (Wildman–Crippen LogP) is 1.99. The Morgan fingerprint density at radius 1 is 1.24 bits per heavy atom. The van der Waals surface area contributed by atoms with Gasteiger partial charge in [-0.05, 0) is 38.4 Å². The lowest BCUT2D eigenvalue weighted by atomic mass is 10.2. The zero-order chi connectivity index (χ0) is 12.1. The van der Waals surface area contributed by atoms with Crippen LogP contribution in [0.1, 0.15) is 18.5 Å². The van der Waals surface area contributed by atoms with Gasteiger partial charge in [-0.15, -0.1) is 0 Å². The molecule has 2 rings (SSSR count). The van der Waals surface area contributed by atoms with Crippen molar-refractivity contribution in [2.24, 2.45) is 5.73 Å². The normalized spacial score (nSPS) is 10.7. The summed E-state index contributed by atoms with van der Waals surface area (Å²) >= 11 is 0. The Morgan fingerprint density at radius 3 is 2.88 bits per heavy atom. The number of hydrogen-bond donors (Lipinski definition) is 1. The zero-order valence-corrected chi connectivity index (χ0v) is 10.1. The van der Waals surface area contributed by atoms with Gasteiger partial charge >= 0.3 is 0 Å². The molecule has 0 aliphatic carbocycles. The Morgan fingerprint density at radius 2 is 2.12 bits per heavy atom. The number of rotatable bonds is 5. The SMILES string of the molecule is Cc1cccc(-c2cn(CCCCN)cn2)n1. The van der Waals surface area contributed by atoms with Gasteiger partial charge in [0, 0.05) is 18.4 Å². The maximum atomic E-state index is 5.47. The summed E-state index contributed by atoms with van der Waals surface area (Å²) in [6.45, 7) is 3.71.